The molecule has 0 saturated carbocycles. The molecule has 0 unspecified atom stereocenters. The largest absolute Gasteiger partial charge is 0.402 e. The van der Waals surface area contributed by atoms with Gasteiger partial charge >= 0.3 is 0 Å². The van der Waals surface area contributed by atoms with Crippen LogP contribution in [0.2, 0.25) is 0 Å². The van der Waals surface area contributed by atoms with Crippen molar-refractivity contribution in [2.45, 2.75) is 18.7 Å². The number of hydrogen-bond acceptors (Lipinski definition) is 3. The van der Waals surface area contributed by atoms with Crippen LogP contribution in [0.5, 0.6) is 0 Å². The predicted octanol–water partition coefficient (Wildman–Crippen LogP) is 2.25. The monoisotopic (exact) mass is 207 g/mol. The SMILES string of the molecule is CC(=O)/C(=C(/C)N)c1ccc(S)cc1. The van der Waals surface area contributed by atoms with Crippen molar-refractivity contribution in [1.29, 1.82) is 0 Å². The normalized spacial score (nSPS) is 12.2. The number of ketones is 1. The van der Waals surface area contributed by atoms with Crippen LogP contribution in [0.4, 0.5) is 0 Å². The van der Waals surface area contributed by atoms with Crippen LogP contribution >= 0.6 is 12.6 Å². The quantitative estimate of drug-likeness (QED) is 0.577. The Bertz CT molecular complexity index is 375. The number of hydrogen-bond donors (Lipinski definition) is 2. The molecule has 0 aromatic heterocycles. The molecule has 0 aliphatic rings. The van der Waals surface area contributed by atoms with E-state index in [4.69, 9.17) is 5.73 Å². The van der Waals surface area contributed by atoms with Crippen molar-refractivity contribution in [3.8, 4) is 0 Å². The molecular formula is C11H13NOS. The number of carbonyl (C=O) groups excluding carboxylic acids is 1. The molecule has 0 spiro atoms. The smallest absolute Gasteiger partial charge is 0.162 e. The topological polar surface area (TPSA) is 43.1 Å². The number of allylic oxidation sites excluding steroid dienone is 2. The zero-order valence-corrected chi connectivity index (χ0v) is 9.14. The Morgan fingerprint density at radius 2 is 1.71 bits per heavy atom. The molecule has 0 radical (unpaired) electrons. The summed E-state index contributed by atoms with van der Waals surface area (Å²) < 4.78 is 0. The highest BCUT2D eigenvalue weighted by atomic mass is 32.1. The van der Waals surface area contributed by atoms with Gasteiger partial charge in [0, 0.05) is 16.2 Å². The molecule has 2 nitrogen and oxygen atoms in total. The second-order valence-corrected chi connectivity index (χ2v) is 3.68. The van der Waals surface area contributed by atoms with Gasteiger partial charge in [-0.1, -0.05) is 12.1 Å². The predicted molar refractivity (Wildman–Crippen MR) is 61.2 cm³/mol. The molecule has 3 heteroatoms. The first-order valence-electron chi connectivity index (χ1n) is 4.29. The van der Waals surface area contributed by atoms with E-state index >= 15 is 0 Å². The number of carbonyl (C=O) groups is 1. The highest BCUT2D eigenvalue weighted by Crippen LogP contribution is 2.19. The maximum atomic E-state index is 11.3. The molecule has 74 valence electrons. The summed E-state index contributed by atoms with van der Waals surface area (Å²) in [6.45, 7) is 3.24. The van der Waals surface area contributed by atoms with Gasteiger partial charge in [0.1, 0.15) is 0 Å². The summed E-state index contributed by atoms with van der Waals surface area (Å²) in [7, 11) is 0. The van der Waals surface area contributed by atoms with Gasteiger partial charge in [-0.05, 0) is 31.5 Å². The second kappa shape index (κ2) is 4.33. The van der Waals surface area contributed by atoms with Gasteiger partial charge in [-0.2, -0.15) is 0 Å². The molecule has 0 aliphatic heterocycles. The van der Waals surface area contributed by atoms with Gasteiger partial charge in [0.15, 0.2) is 5.78 Å². The number of benzene rings is 1. The van der Waals surface area contributed by atoms with E-state index in [0.29, 0.717) is 11.3 Å². The lowest BCUT2D eigenvalue weighted by atomic mass is 10.0. The maximum absolute atomic E-state index is 11.3. The van der Waals surface area contributed by atoms with Crippen LogP contribution in [0.15, 0.2) is 34.9 Å². The number of nitrogens with two attached hydrogens (primary N) is 1. The number of thiol groups is 1. The summed E-state index contributed by atoms with van der Waals surface area (Å²) in [5.41, 5.74) is 7.62. The second-order valence-electron chi connectivity index (χ2n) is 3.16. The molecule has 1 aromatic carbocycles. The van der Waals surface area contributed by atoms with E-state index in [1.165, 1.54) is 6.92 Å². The molecule has 0 amide bonds. The third kappa shape index (κ3) is 2.39. The van der Waals surface area contributed by atoms with Crippen LogP contribution < -0.4 is 5.73 Å². The maximum Gasteiger partial charge on any atom is 0.162 e. The average molecular weight is 207 g/mol. The van der Waals surface area contributed by atoms with Crippen LogP contribution in [0, 0.1) is 0 Å². The Balaban J connectivity index is 3.21. The summed E-state index contributed by atoms with van der Waals surface area (Å²) in [5, 5.41) is 0. The van der Waals surface area contributed by atoms with Crippen LogP contribution in [0.1, 0.15) is 19.4 Å². The van der Waals surface area contributed by atoms with E-state index in [1.54, 1.807) is 6.92 Å². The van der Waals surface area contributed by atoms with E-state index in [1.807, 2.05) is 24.3 Å². The lowest BCUT2D eigenvalue weighted by Crippen LogP contribution is -2.04. The third-order valence-corrected chi connectivity index (χ3v) is 2.20. The van der Waals surface area contributed by atoms with Crippen molar-refractivity contribution in [2.75, 3.05) is 0 Å². The Morgan fingerprint density at radius 1 is 1.21 bits per heavy atom. The van der Waals surface area contributed by atoms with Crippen molar-refractivity contribution >= 4 is 24.0 Å². The van der Waals surface area contributed by atoms with Crippen LogP contribution in [0.25, 0.3) is 5.57 Å². The Kier molecular flexibility index (Phi) is 3.36. The van der Waals surface area contributed by atoms with Crippen LogP contribution in [-0.4, -0.2) is 5.78 Å². The number of rotatable bonds is 2. The van der Waals surface area contributed by atoms with Gasteiger partial charge in [-0.3, -0.25) is 4.79 Å². The summed E-state index contributed by atoms with van der Waals surface area (Å²) in [6, 6.07) is 7.36. The Hall–Kier alpha value is -1.22. The molecule has 0 atom stereocenters. The van der Waals surface area contributed by atoms with Crippen molar-refractivity contribution in [3.63, 3.8) is 0 Å². The van der Waals surface area contributed by atoms with Crippen molar-refractivity contribution in [1.82, 2.24) is 0 Å². The molecule has 0 saturated heterocycles. The lowest BCUT2D eigenvalue weighted by molar-refractivity contribution is -0.111. The van der Waals surface area contributed by atoms with E-state index in [2.05, 4.69) is 12.6 Å². The highest BCUT2D eigenvalue weighted by Gasteiger charge is 2.08. The summed E-state index contributed by atoms with van der Waals surface area (Å²) in [4.78, 5) is 12.2. The molecule has 0 fully saturated rings. The summed E-state index contributed by atoms with van der Waals surface area (Å²) in [5.74, 6) is -0.0167. The van der Waals surface area contributed by atoms with E-state index in [9.17, 15) is 4.79 Å². The van der Waals surface area contributed by atoms with Gasteiger partial charge in [-0.25, -0.2) is 0 Å². The van der Waals surface area contributed by atoms with Crippen molar-refractivity contribution < 1.29 is 4.79 Å². The first kappa shape index (κ1) is 10.9. The standard InChI is InChI=1S/C11H13NOS/c1-7(12)11(8(2)13)9-3-5-10(14)6-4-9/h3-6,14H,12H2,1-2H3/b11-7+. The average Bonchev–Trinajstić information content (AvgIpc) is 2.07. The lowest BCUT2D eigenvalue weighted by Gasteiger charge is -2.06. The van der Waals surface area contributed by atoms with Gasteiger partial charge in [-0.15, -0.1) is 12.6 Å². The molecule has 2 N–H and O–H groups in total. The fraction of sp³-hybridized carbons (Fsp3) is 0.182. The molecule has 0 aliphatic carbocycles. The fourth-order valence-corrected chi connectivity index (χ4v) is 1.49. The molecular weight excluding hydrogens is 194 g/mol. The summed E-state index contributed by atoms with van der Waals surface area (Å²) in [6.07, 6.45) is 0. The van der Waals surface area contributed by atoms with Crippen LogP contribution in [-0.2, 0) is 4.79 Å². The summed E-state index contributed by atoms with van der Waals surface area (Å²) >= 11 is 4.17. The highest BCUT2D eigenvalue weighted by molar-refractivity contribution is 7.80. The van der Waals surface area contributed by atoms with Gasteiger partial charge in [0.25, 0.3) is 0 Å². The zero-order valence-electron chi connectivity index (χ0n) is 8.24. The van der Waals surface area contributed by atoms with Crippen molar-refractivity contribution in [2.24, 2.45) is 5.73 Å². The first-order chi connectivity index (χ1) is 6.52. The van der Waals surface area contributed by atoms with E-state index in [-0.39, 0.29) is 5.78 Å². The van der Waals surface area contributed by atoms with Crippen molar-refractivity contribution in [3.05, 3.63) is 35.5 Å². The molecule has 0 bridgehead atoms. The minimum atomic E-state index is -0.0167. The van der Waals surface area contributed by atoms with Gasteiger partial charge in [0.05, 0.1) is 0 Å². The molecule has 14 heavy (non-hydrogen) atoms. The Morgan fingerprint density at radius 3 is 2.07 bits per heavy atom. The molecule has 1 aromatic rings. The molecule has 1 rings (SSSR count). The minimum absolute atomic E-state index is 0.0167. The van der Waals surface area contributed by atoms with Crippen LogP contribution in [0.3, 0.4) is 0 Å². The fourth-order valence-electron chi connectivity index (χ4n) is 1.34. The van der Waals surface area contributed by atoms with Gasteiger partial charge in [0.2, 0.25) is 0 Å². The van der Waals surface area contributed by atoms with Gasteiger partial charge < -0.3 is 5.73 Å². The molecule has 0 heterocycles. The van der Waals surface area contributed by atoms with E-state index < -0.39 is 0 Å². The number of Topliss-reactive ketones (excluding diaryl/α,β-unsaturated/α-hetero) is 1. The minimum Gasteiger partial charge on any atom is -0.402 e. The zero-order chi connectivity index (χ0) is 10.7. The first-order valence-corrected chi connectivity index (χ1v) is 4.73. The Labute approximate surface area is 89.2 Å². The van der Waals surface area contributed by atoms with E-state index in [0.717, 1.165) is 10.5 Å². The third-order valence-electron chi connectivity index (χ3n) is 1.90.